The Morgan fingerprint density at radius 1 is 1.33 bits per heavy atom. The van der Waals surface area contributed by atoms with Crippen LogP contribution in [0.1, 0.15) is 56.6 Å². The molecule has 0 aromatic heterocycles. The Hall–Kier alpha value is -2.51. The highest BCUT2D eigenvalue weighted by Gasteiger charge is 2.49. The van der Waals surface area contributed by atoms with Gasteiger partial charge in [-0.15, -0.1) is 0 Å². The molecule has 0 atom stereocenters. The minimum absolute atomic E-state index is 0.00748. The standard InChI is InChI=1S/C19H22F2N2O4/c1-19(2)15-16(21)11(10-5-6-10)8-12(20)17(15)23(18(19)27)9-13(24)22-7-3-4-14(25)26/h8,10H,3-7,9H2,1-2H3,(H,22,24)(H,25,26). The predicted molar refractivity (Wildman–Crippen MR) is 93.6 cm³/mol. The number of carbonyl (C=O) groups excluding carboxylic acids is 2. The average Bonchev–Trinajstić information content (AvgIpc) is 3.39. The van der Waals surface area contributed by atoms with Crippen molar-refractivity contribution in [3.05, 3.63) is 28.8 Å². The first-order valence-electron chi connectivity index (χ1n) is 8.97. The van der Waals surface area contributed by atoms with Crippen molar-refractivity contribution in [2.75, 3.05) is 18.0 Å². The third kappa shape index (κ3) is 3.52. The Labute approximate surface area is 155 Å². The van der Waals surface area contributed by atoms with Gasteiger partial charge < -0.3 is 10.4 Å². The first-order valence-corrected chi connectivity index (χ1v) is 8.97. The summed E-state index contributed by atoms with van der Waals surface area (Å²) in [5.74, 6) is -3.34. The van der Waals surface area contributed by atoms with Crippen molar-refractivity contribution in [3.63, 3.8) is 0 Å². The number of halogens is 2. The topological polar surface area (TPSA) is 86.7 Å². The molecule has 2 aliphatic rings. The smallest absolute Gasteiger partial charge is 0.303 e. The van der Waals surface area contributed by atoms with Crippen molar-refractivity contribution in [3.8, 4) is 0 Å². The molecule has 2 amide bonds. The summed E-state index contributed by atoms with van der Waals surface area (Å²) in [5.41, 5.74) is -1.14. The van der Waals surface area contributed by atoms with Crippen LogP contribution in [0.15, 0.2) is 6.07 Å². The lowest BCUT2D eigenvalue weighted by Crippen LogP contribution is -2.43. The lowest BCUT2D eigenvalue weighted by Gasteiger charge is -2.20. The van der Waals surface area contributed by atoms with Gasteiger partial charge in [0.05, 0.1) is 11.1 Å². The quantitative estimate of drug-likeness (QED) is 0.712. The number of carboxylic acids is 1. The fourth-order valence-corrected chi connectivity index (χ4v) is 3.53. The molecule has 1 fully saturated rings. The van der Waals surface area contributed by atoms with E-state index < -0.39 is 41.4 Å². The Kier molecular flexibility index (Phi) is 4.92. The monoisotopic (exact) mass is 380 g/mol. The van der Waals surface area contributed by atoms with E-state index in [1.54, 1.807) is 0 Å². The highest BCUT2D eigenvalue weighted by molar-refractivity contribution is 6.10. The van der Waals surface area contributed by atoms with Crippen LogP contribution in [0.25, 0.3) is 0 Å². The van der Waals surface area contributed by atoms with Crippen LogP contribution >= 0.6 is 0 Å². The Bertz CT molecular complexity index is 818. The van der Waals surface area contributed by atoms with Gasteiger partial charge in [0, 0.05) is 18.5 Å². The third-order valence-electron chi connectivity index (χ3n) is 5.10. The summed E-state index contributed by atoms with van der Waals surface area (Å²) >= 11 is 0. The van der Waals surface area contributed by atoms with Gasteiger partial charge in [0.15, 0.2) is 0 Å². The Balaban J connectivity index is 1.83. The Morgan fingerprint density at radius 2 is 2.00 bits per heavy atom. The zero-order chi connectivity index (χ0) is 19.9. The summed E-state index contributed by atoms with van der Waals surface area (Å²) in [4.78, 5) is 36.4. The largest absolute Gasteiger partial charge is 0.481 e. The molecule has 0 radical (unpaired) electrons. The number of carbonyl (C=O) groups is 3. The molecule has 0 bridgehead atoms. The van der Waals surface area contributed by atoms with Gasteiger partial charge in [0.2, 0.25) is 11.8 Å². The van der Waals surface area contributed by atoms with Gasteiger partial charge in [-0.25, -0.2) is 8.78 Å². The Morgan fingerprint density at radius 3 is 2.59 bits per heavy atom. The molecule has 27 heavy (non-hydrogen) atoms. The molecule has 1 saturated carbocycles. The maximum atomic E-state index is 15.0. The third-order valence-corrected chi connectivity index (χ3v) is 5.10. The van der Waals surface area contributed by atoms with Crippen molar-refractivity contribution >= 4 is 23.5 Å². The normalized spacial score (nSPS) is 17.8. The van der Waals surface area contributed by atoms with Crippen molar-refractivity contribution in [2.45, 2.75) is 50.9 Å². The molecule has 1 aromatic rings. The summed E-state index contributed by atoms with van der Waals surface area (Å²) in [6.45, 7) is 2.73. The average molecular weight is 380 g/mol. The molecule has 2 N–H and O–H groups in total. The van der Waals surface area contributed by atoms with Crippen LogP contribution in [0.5, 0.6) is 0 Å². The van der Waals surface area contributed by atoms with Crippen LogP contribution in [0.2, 0.25) is 0 Å². The van der Waals surface area contributed by atoms with Crippen LogP contribution in [0.3, 0.4) is 0 Å². The van der Waals surface area contributed by atoms with Gasteiger partial charge in [-0.1, -0.05) is 0 Å². The number of aliphatic carboxylic acids is 1. The van der Waals surface area contributed by atoms with E-state index in [0.717, 1.165) is 23.8 Å². The second kappa shape index (κ2) is 6.90. The molecule has 0 spiro atoms. The summed E-state index contributed by atoms with van der Waals surface area (Å²) in [6.07, 6.45) is 1.74. The fraction of sp³-hybridized carbons (Fsp3) is 0.526. The molecule has 1 aromatic carbocycles. The summed E-state index contributed by atoms with van der Waals surface area (Å²) in [6, 6.07) is 1.14. The van der Waals surface area contributed by atoms with E-state index in [4.69, 9.17) is 5.11 Å². The molecule has 3 rings (SSSR count). The van der Waals surface area contributed by atoms with Crippen molar-refractivity contribution in [1.29, 1.82) is 0 Å². The minimum atomic E-state index is -1.27. The molecule has 1 aliphatic heterocycles. The number of rotatable bonds is 7. The molecule has 1 aliphatic carbocycles. The van der Waals surface area contributed by atoms with Crippen LogP contribution in [0, 0.1) is 11.6 Å². The number of hydrogen-bond donors (Lipinski definition) is 2. The van der Waals surface area contributed by atoms with Gasteiger partial charge in [-0.05, 0) is 50.7 Å². The number of anilines is 1. The van der Waals surface area contributed by atoms with E-state index in [2.05, 4.69) is 5.32 Å². The SMILES string of the molecule is CC1(C)C(=O)N(CC(=O)NCCCC(=O)O)c2c(F)cc(C3CC3)c(F)c21. The van der Waals surface area contributed by atoms with E-state index >= 15 is 4.39 Å². The van der Waals surface area contributed by atoms with Crippen LogP contribution < -0.4 is 10.2 Å². The first-order chi connectivity index (χ1) is 12.6. The van der Waals surface area contributed by atoms with Gasteiger partial charge in [-0.3, -0.25) is 19.3 Å². The maximum absolute atomic E-state index is 15.0. The number of nitrogens with zero attached hydrogens (tertiary/aromatic N) is 1. The lowest BCUT2D eigenvalue weighted by molar-refractivity contribution is -0.137. The van der Waals surface area contributed by atoms with Crippen molar-refractivity contribution < 1.29 is 28.3 Å². The van der Waals surface area contributed by atoms with Crippen LogP contribution in [-0.2, 0) is 19.8 Å². The van der Waals surface area contributed by atoms with Gasteiger partial charge in [0.25, 0.3) is 0 Å². The zero-order valence-corrected chi connectivity index (χ0v) is 15.3. The maximum Gasteiger partial charge on any atom is 0.303 e. The van der Waals surface area contributed by atoms with Gasteiger partial charge >= 0.3 is 5.97 Å². The minimum Gasteiger partial charge on any atom is -0.481 e. The van der Waals surface area contributed by atoms with Crippen LogP contribution in [0.4, 0.5) is 14.5 Å². The fourth-order valence-electron chi connectivity index (χ4n) is 3.53. The molecule has 0 saturated heterocycles. The first kappa shape index (κ1) is 19.3. The number of hydrogen-bond acceptors (Lipinski definition) is 3. The molecule has 8 heteroatoms. The molecule has 1 heterocycles. The van der Waals surface area contributed by atoms with Crippen molar-refractivity contribution in [1.82, 2.24) is 5.32 Å². The number of benzene rings is 1. The van der Waals surface area contributed by atoms with E-state index in [1.165, 1.54) is 13.8 Å². The highest BCUT2D eigenvalue weighted by atomic mass is 19.1. The lowest BCUT2D eigenvalue weighted by atomic mass is 9.84. The molecular weight excluding hydrogens is 358 g/mol. The molecule has 0 unspecified atom stereocenters. The molecule has 6 nitrogen and oxygen atoms in total. The molecular formula is C19H22F2N2O4. The summed E-state index contributed by atoms with van der Waals surface area (Å²) in [5, 5.41) is 11.1. The predicted octanol–water partition coefficient (Wildman–Crippen LogP) is 2.45. The second-order valence-corrected chi connectivity index (χ2v) is 7.62. The van der Waals surface area contributed by atoms with Gasteiger partial charge in [0.1, 0.15) is 18.2 Å². The number of nitrogens with one attached hydrogen (secondary N) is 1. The van der Waals surface area contributed by atoms with E-state index in [-0.39, 0.29) is 36.6 Å². The van der Waals surface area contributed by atoms with E-state index in [9.17, 15) is 18.8 Å². The number of fused-ring (bicyclic) bond motifs is 1. The number of carboxylic acid groups (broad SMARTS) is 1. The van der Waals surface area contributed by atoms with Crippen LogP contribution in [-0.4, -0.2) is 36.0 Å². The zero-order valence-electron chi connectivity index (χ0n) is 15.3. The van der Waals surface area contributed by atoms with E-state index in [0.29, 0.717) is 5.56 Å². The van der Waals surface area contributed by atoms with Gasteiger partial charge in [-0.2, -0.15) is 0 Å². The molecule has 146 valence electrons. The highest BCUT2D eigenvalue weighted by Crippen LogP contribution is 2.50. The summed E-state index contributed by atoms with van der Waals surface area (Å²) < 4.78 is 29.8. The van der Waals surface area contributed by atoms with Crippen molar-refractivity contribution in [2.24, 2.45) is 0 Å². The summed E-state index contributed by atoms with van der Waals surface area (Å²) in [7, 11) is 0. The van der Waals surface area contributed by atoms with E-state index in [1.807, 2.05) is 0 Å². The number of amides is 2. The second-order valence-electron chi connectivity index (χ2n) is 7.62.